The van der Waals surface area contributed by atoms with Gasteiger partial charge in [-0.3, -0.25) is 4.79 Å². The monoisotopic (exact) mass is 363 g/mol. The molecule has 0 spiro atoms. The van der Waals surface area contributed by atoms with Crippen molar-refractivity contribution in [3.05, 3.63) is 35.4 Å². The summed E-state index contributed by atoms with van der Waals surface area (Å²) in [5.74, 6) is 0.807. The minimum atomic E-state index is -0.460. The quantitative estimate of drug-likeness (QED) is 0.485. The predicted octanol–water partition coefficient (Wildman–Crippen LogP) is 4.28. The summed E-state index contributed by atoms with van der Waals surface area (Å²) in [5, 5.41) is 0. The molecular formula is C20H29NO3S. The molecule has 1 amide bonds. The Morgan fingerprint density at radius 3 is 2.52 bits per heavy atom. The Balaban J connectivity index is 1.94. The van der Waals surface area contributed by atoms with Gasteiger partial charge in [-0.15, -0.1) is 11.8 Å². The first-order valence-corrected chi connectivity index (χ1v) is 10.5. The first-order chi connectivity index (χ1) is 12.2. The normalized spacial score (nSPS) is 16.9. The van der Waals surface area contributed by atoms with Gasteiger partial charge in [0.1, 0.15) is 6.04 Å². The molecule has 138 valence electrons. The van der Waals surface area contributed by atoms with E-state index in [1.165, 1.54) is 24.8 Å². The number of aryl methyl sites for hydroxylation is 1. The molecule has 0 aromatic heterocycles. The van der Waals surface area contributed by atoms with Crippen LogP contribution < -0.4 is 0 Å². The van der Waals surface area contributed by atoms with Gasteiger partial charge in [0, 0.05) is 11.3 Å². The number of thioether (sulfide) groups is 1. The number of hydrogen-bond donors (Lipinski definition) is 0. The molecule has 1 heterocycles. The molecule has 0 aliphatic carbocycles. The van der Waals surface area contributed by atoms with Crippen molar-refractivity contribution in [2.75, 3.05) is 18.2 Å². The van der Waals surface area contributed by atoms with E-state index >= 15 is 0 Å². The lowest BCUT2D eigenvalue weighted by Gasteiger charge is -2.22. The number of benzene rings is 1. The van der Waals surface area contributed by atoms with Crippen LogP contribution in [-0.4, -0.2) is 41.1 Å². The lowest BCUT2D eigenvalue weighted by Crippen LogP contribution is -2.42. The fourth-order valence-electron chi connectivity index (χ4n) is 2.81. The van der Waals surface area contributed by atoms with Gasteiger partial charge in [-0.2, -0.15) is 0 Å². The van der Waals surface area contributed by atoms with Gasteiger partial charge in [-0.25, -0.2) is 4.79 Å². The molecule has 1 aliphatic heterocycles. The summed E-state index contributed by atoms with van der Waals surface area (Å²) in [4.78, 5) is 26.6. The number of amides is 1. The van der Waals surface area contributed by atoms with Crippen molar-refractivity contribution in [2.24, 2.45) is 0 Å². The van der Waals surface area contributed by atoms with Gasteiger partial charge in [0.2, 0.25) is 0 Å². The SMILES string of the molecule is CCCCCc1ccc(C(=O)N2CSCC2C(=O)OCCCC)cc1. The summed E-state index contributed by atoms with van der Waals surface area (Å²) < 4.78 is 5.31. The van der Waals surface area contributed by atoms with Gasteiger partial charge in [0.05, 0.1) is 12.5 Å². The maximum Gasteiger partial charge on any atom is 0.329 e. The molecule has 1 aromatic rings. The average molecular weight is 364 g/mol. The molecule has 0 radical (unpaired) electrons. The van der Waals surface area contributed by atoms with E-state index in [0.29, 0.717) is 23.8 Å². The lowest BCUT2D eigenvalue weighted by atomic mass is 10.0. The van der Waals surface area contributed by atoms with Crippen LogP contribution in [0.15, 0.2) is 24.3 Å². The van der Waals surface area contributed by atoms with Crippen molar-refractivity contribution in [3.63, 3.8) is 0 Å². The Labute approximate surface area is 155 Å². The topological polar surface area (TPSA) is 46.6 Å². The van der Waals surface area contributed by atoms with Crippen LogP contribution in [0.4, 0.5) is 0 Å². The maximum atomic E-state index is 12.8. The van der Waals surface area contributed by atoms with Crippen molar-refractivity contribution in [1.29, 1.82) is 0 Å². The van der Waals surface area contributed by atoms with E-state index in [0.717, 1.165) is 19.3 Å². The van der Waals surface area contributed by atoms with Crippen LogP contribution >= 0.6 is 11.8 Å². The molecule has 1 saturated heterocycles. The second-order valence-electron chi connectivity index (χ2n) is 6.47. The lowest BCUT2D eigenvalue weighted by molar-refractivity contribution is -0.147. The van der Waals surface area contributed by atoms with E-state index in [1.807, 2.05) is 24.3 Å². The predicted molar refractivity (Wildman–Crippen MR) is 103 cm³/mol. The molecule has 0 saturated carbocycles. The second-order valence-corrected chi connectivity index (χ2v) is 7.47. The fraction of sp³-hybridized carbons (Fsp3) is 0.600. The van der Waals surface area contributed by atoms with Gasteiger partial charge in [-0.1, -0.05) is 45.2 Å². The van der Waals surface area contributed by atoms with Crippen molar-refractivity contribution >= 4 is 23.6 Å². The van der Waals surface area contributed by atoms with Gasteiger partial charge in [0.15, 0.2) is 0 Å². The molecule has 1 unspecified atom stereocenters. The van der Waals surface area contributed by atoms with Crippen molar-refractivity contribution < 1.29 is 14.3 Å². The molecule has 25 heavy (non-hydrogen) atoms. The zero-order valence-corrected chi connectivity index (χ0v) is 16.1. The molecule has 1 atom stereocenters. The fourth-order valence-corrected chi connectivity index (χ4v) is 3.95. The summed E-state index contributed by atoms with van der Waals surface area (Å²) in [6.07, 6.45) is 6.51. The minimum absolute atomic E-state index is 0.0810. The highest BCUT2D eigenvalue weighted by Gasteiger charge is 2.36. The van der Waals surface area contributed by atoms with Crippen LogP contribution in [-0.2, 0) is 16.0 Å². The number of nitrogens with zero attached hydrogens (tertiary/aromatic N) is 1. The molecule has 0 N–H and O–H groups in total. The Kier molecular flexibility index (Phi) is 8.32. The van der Waals surface area contributed by atoms with Gasteiger partial charge in [-0.05, 0) is 37.0 Å². The van der Waals surface area contributed by atoms with Crippen molar-refractivity contribution in [2.45, 2.75) is 58.4 Å². The smallest absolute Gasteiger partial charge is 0.329 e. The molecule has 1 fully saturated rings. The third-order valence-electron chi connectivity index (χ3n) is 4.43. The van der Waals surface area contributed by atoms with Crippen molar-refractivity contribution in [1.82, 2.24) is 4.90 Å². The number of rotatable bonds is 9. The number of ether oxygens (including phenoxy) is 1. The molecule has 1 aliphatic rings. The first kappa shape index (κ1) is 19.8. The zero-order valence-electron chi connectivity index (χ0n) is 15.3. The van der Waals surface area contributed by atoms with E-state index in [-0.39, 0.29) is 11.9 Å². The summed E-state index contributed by atoms with van der Waals surface area (Å²) in [6, 6.07) is 7.36. The highest BCUT2D eigenvalue weighted by Crippen LogP contribution is 2.24. The third-order valence-corrected chi connectivity index (χ3v) is 5.44. The Morgan fingerprint density at radius 1 is 1.12 bits per heavy atom. The average Bonchev–Trinajstić information content (AvgIpc) is 3.12. The van der Waals surface area contributed by atoms with Gasteiger partial charge < -0.3 is 9.64 Å². The van der Waals surface area contributed by atoms with E-state index in [2.05, 4.69) is 13.8 Å². The van der Waals surface area contributed by atoms with Gasteiger partial charge >= 0.3 is 5.97 Å². The molecular weight excluding hydrogens is 334 g/mol. The summed E-state index contributed by atoms with van der Waals surface area (Å²) in [7, 11) is 0. The van der Waals surface area contributed by atoms with E-state index in [4.69, 9.17) is 4.74 Å². The van der Waals surface area contributed by atoms with E-state index in [1.54, 1.807) is 16.7 Å². The molecule has 0 bridgehead atoms. The second kappa shape index (κ2) is 10.5. The largest absolute Gasteiger partial charge is 0.464 e. The summed E-state index contributed by atoms with van der Waals surface area (Å²) in [5.41, 5.74) is 1.91. The number of carbonyl (C=O) groups is 2. The highest BCUT2D eigenvalue weighted by atomic mass is 32.2. The van der Waals surface area contributed by atoms with Gasteiger partial charge in [0.25, 0.3) is 5.91 Å². The Morgan fingerprint density at radius 2 is 1.84 bits per heavy atom. The minimum Gasteiger partial charge on any atom is -0.464 e. The van der Waals surface area contributed by atoms with Crippen LogP contribution in [0.1, 0.15) is 61.9 Å². The standard InChI is InChI=1S/C20H29NO3S/c1-3-5-7-8-16-9-11-17(12-10-16)19(22)21-15-25-14-18(21)20(23)24-13-6-4-2/h9-12,18H,3-8,13-15H2,1-2H3. The molecule has 5 heteroatoms. The van der Waals surface area contributed by atoms with Crippen LogP contribution in [0.5, 0.6) is 0 Å². The maximum absolute atomic E-state index is 12.8. The van der Waals surface area contributed by atoms with Crippen LogP contribution in [0.2, 0.25) is 0 Å². The Bertz CT molecular complexity index is 559. The van der Waals surface area contributed by atoms with Crippen LogP contribution in [0, 0.1) is 0 Å². The first-order valence-electron chi connectivity index (χ1n) is 9.31. The highest BCUT2D eigenvalue weighted by molar-refractivity contribution is 7.99. The van der Waals surface area contributed by atoms with E-state index in [9.17, 15) is 9.59 Å². The van der Waals surface area contributed by atoms with Crippen LogP contribution in [0.3, 0.4) is 0 Å². The number of hydrogen-bond acceptors (Lipinski definition) is 4. The summed E-state index contributed by atoms with van der Waals surface area (Å²) >= 11 is 1.60. The number of unbranched alkanes of at least 4 members (excludes halogenated alkanes) is 3. The third kappa shape index (κ3) is 5.77. The number of carbonyl (C=O) groups excluding carboxylic acids is 2. The molecule has 2 rings (SSSR count). The van der Waals surface area contributed by atoms with Crippen molar-refractivity contribution in [3.8, 4) is 0 Å². The zero-order chi connectivity index (χ0) is 18.1. The number of esters is 1. The van der Waals surface area contributed by atoms with E-state index < -0.39 is 6.04 Å². The van der Waals surface area contributed by atoms with Crippen LogP contribution in [0.25, 0.3) is 0 Å². The Hall–Kier alpha value is -1.49. The summed E-state index contributed by atoms with van der Waals surface area (Å²) in [6.45, 7) is 4.69. The molecule has 1 aromatic carbocycles. The molecule has 4 nitrogen and oxygen atoms in total.